The standard InChI is InChI=1S/C11H19NO5/c1-11(2,3)17-9(13)8-5-7(16-4)6-12(8)10(14)15/h7-8H,5-6H2,1-4H3,(H,14,15)/t7-,8-/m1/s1. The van der Waals surface area contributed by atoms with E-state index in [4.69, 9.17) is 14.6 Å². The summed E-state index contributed by atoms with van der Waals surface area (Å²) in [4.78, 5) is 23.9. The molecule has 1 amide bonds. The van der Waals surface area contributed by atoms with Gasteiger partial charge in [-0.3, -0.25) is 4.90 Å². The second kappa shape index (κ2) is 4.91. The molecule has 1 fully saturated rings. The molecule has 0 bridgehead atoms. The summed E-state index contributed by atoms with van der Waals surface area (Å²) in [5, 5.41) is 9.01. The van der Waals surface area contributed by atoms with Crippen LogP contribution in [0.25, 0.3) is 0 Å². The maximum atomic E-state index is 11.9. The molecular formula is C11H19NO5. The molecule has 0 unspecified atom stereocenters. The van der Waals surface area contributed by atoms with Crippen LogP contribution in [0.1, 0.15) is 27.2 Å². The summed E-state index contributed by atoms with van der Waals surface area (Å²) in [5.41, 5.74) is -0.619. The van der Waals surface area contributed by atoms with Gasteiger partial charge in [-0.1, -0.05) is 0 Å². The Balaban J connectivity index is 2.73. The van der Waals surface area contributed by atoms with Crippen LogP contribution in [-0.2, 0) is 14.3 Å². The van der Waals surface area contributed by atoms with Crippen LogP contribution in [0.15, 0.2) is 0 Å². The molecule has 0 aliphatic carbocycles. The van der Waals surface area contributed by atoms with Gasteiger partial charge in [-0.25, -0.2) is 9.59 Å². The number of carbonyl (C=O) groups excluding carboxylic acids is 1. The number of methoxy groups -OCH3 is 1. The Labute approximate surface area is 100 Å². The molecule has 0 saturated carbocycles. The zero-order chi connectivity index (χ0) is 13.2. The van der Waals surface area contributed by atoms with Crippen molar-refractivity contribution in [1.29, 1.82) is 0 Å². The molecule has 17 heavy (non-hydrogen) atoms. The molecule has 1 aliphatic rings. The number of ether oxygens (including phenoxy) is 2. The van der Waals surface area contributed by atoms with Crippen molar-refractivity contribution in [2.75, 3.05) is 13.7 Å². The lowest BCUT2D eigenvalue weighted by atomic mass is 10.1. The molecule has 2 atom stereocenters. The van der Waals surface area contributed by atoms with E-state index < -0.39 is 23.7 Å². The zero-order valence-corrected chi connectivity index (χ0v) is 10.6. The van der Waals surface area contributed by atoms with Crippen LogP contribution in [0.5, 0.6) is 0 Å². The van der Waals surface area contributed by atoms with Gasteiger partial charge >= 0.3 is 12.1 Å². The highest BCUT2D eigenvalue weighted by Crippen LogP contribution is 2.23. The number of hydrogen-bond donors (Lipinski definition) is 1. The minimum Gasteiger partial charge on any atom is -0.465 e. The van der Waals surface area contributed by atoms with Crippen LogP contribution in [-0.4, -0.2) is 53.5 Å². The topological polar surface area (TPSA) is 76.1 Å². The lowest BCUT2D eigenvalue weighted by Gasteiger charge is -2.25. The Morgan fingerprint density at radius 2 is 1.94 bits per heavy atom. The van der Waals surface area contributed by atoms with Crippen LogP contribution < -0.4 is 0 Å². The van der Waals surface area contributed by atoms with E-state index >= 15 is 0 Å². The lowest BCUT2D eigenvalue weighted by molar-refractivity contribution is -0.159. The first-order valence-electron chi connectivity index (χ1n) is 5.50. The predicted molar refractivity (Wildman–Crippen MR) is 59.8 cm³/mol. The van der Waals surface area contributed by atoms with E-state index in [1.165, 1.54) is 7.11 Å². The number of amides is 1. The Morgan fingerprint density at radius 3 is 2.35 bits per heavy atom. The third-order valence-electron chi connectivity index (χ3n) is 2.52. The maximum absolute atomic E-state index is 11.9. The highest BCUT2D eigenvalue weighted by atomic mass is 16.6. The van der Waals surface area contributed by atoms with E-state index in [2.05, 4.69) is 0 Å². The van der Waals surface area contributed by atoms with Crippen LogP contribution in [0, 0.1) is 0 Å². The second-order valence-electron chi connectivity index (χ2n) is 5.08. The van der Waals surface area contributed by atoms with Gasteiger partial charge in [0.05, 0.1) is 12.6 Å². The molecule has 98 valence electrons. The highest BCUT2D eigenvalue weighted by Gasteiger charge is 2.41. The van der Waals surface area contributed by atoms with Crippen molar-refractivity contribution >= 4 is 12.1 Å². The van der Waals surface area contributed by atoms with Crippen molar-refractivity contribution < 1.29 is 24.2 Å². The van der Waals surface area contributed by atoms with Crippen LogP contribution in [0.3, 0.4) is 0 Å². The van der Waals surface area contributed by atoms with E-state index in [0.717, 1.165) is 4.90 Å². The molecule has 6 nitrogen and oxygen atoms in total. The summed E-state index contributed by atoms with van der Waals surface area (Å²) in [6.45, 7) is 5.45. The van der Waals surface area contributed by atoms with Crippen LogP contribution >= 0.6 is 0 Å². The van der Waals surface area contributed by atoms with Gasteiger partial charge in [0.25, 0.3) is 0 Å². The van der Waals surface area contributed by atoms with Crippen molar-refractivity contribution in [3.05, 3.63) is 0 Å². The van der Waals surface area contributed by atoms with E-state index in [0.29, 0.717) is 6.42 Å². The summed E-state index contributed by atoms with van der Waals surface area (Å²) in [6, 6.07) is -0.767. The Hall–Kier alpha value is -1.30. The first-order valence-corrected chi connectivity index (χ1v) is 5.50. The van der Waals surface area contributed by atoms with Gasteiger partial charge in [-0.05, 0) is 20.8 Å². The molecule has 0 aromatic heterocycles. The predicted octanol–water partition coefficient (Wildman–Crippen LogP) is 1.10. The normalized spacial score (nSPS) is 24.8. The minimum atomic E-state index is -1.12. The minimum absolute atomic E-state index is 0.204. The first kappa shape index (κ1) is 13.8. The summed E-state index contributed by atoms with van der Waals surface area (Å²) in [6.07, 6.45) is -1.03. The third-order valence-corrected chi connectivity index (χ3v) is 2.52. The quantitative estimate of drug-likeness (QED) is 0.737. The van der Waals surface area contributed by atoms with Crippen LogP contribution in [0.4, 0.5) is 4.79 Å². The summed E-state index contributed by atoms with van der Waals surface area (Å²) in [5.74, 6) is -0.514. The fraction of sp³-hybridized carbons (Fsp3) is 0.818. The first-order chi connectivity index (χ1) is 7.74. The molecule has 1 heterocycles. The third kappa shape index (κ3) is 3.59. The van der Waals surface area contributed by atoms with Crippen molar-refractivity contribution in [3.8, 4) is 0 Å². The van der Waals surface area contributed by atoms with Gasteiger partial charge in [-0.2, -0.15) is 0 Å². The number of nitrogens with zero attached hydrogens (tertiary/aromatic N) is 1. The fourth-order valence-corrected chi connectivity index (χ4v) is 1.77. The van der Waals surface area contributed by atoms with E-state index in [1.807, 2.05) is 0 Å². The summed E-state index contributed by atoms with van der Waals surface area (Å²) >= 11 is 0. The van der Waals surface area contributed by atoms with E-state index in [1.54, 1.807) is 20.8 Å². The SMILES string of the molecule is CO[C@@H]1C[C@H](C(=O)OC(C)(C)C)N(C(=O)O)C1. The van der Waals surface area contributed by atoms with E-state index in [-0.39, 0.29) is 12.6 Å². The molecule has 1 rings (SSSR count). The Morgan fingerprint density at radius 1 is 1.35 bits per heavy atom. The molecule has 0 aromatic carbocycles. The Bertz CT molecular complexity index is 309. The molecule has 0 aromatic rings. The maximum Gasteiger partial charge on any atom is 0.408 e. The number of carbonyl (C=O) groups is 2. The second-order valence-corrected chi connectivity index (χ2v) is 5.08. The Kier molecular flexibility index (Phi) is 3.98. The molecule has 1 N–H and O–H groups in total. The van der Waals surface area contributed by atoms with E-state index in [9.17, 15) is 9.59 Å². The molecule has 1 saturated heterocycles. The average Bonchev–Trinajstić information content (AvgIpc) is 2.58. The van der Waals surface area contributed by atoms with Crippen LogP contribution in [0.2, 0.25) is 0 Å². The van der Waals surface area contributed by atoms with Gasteiger partial charge in [0.1, 0.15) is 11.6 Å². The molecule has 0 spiro atoms. The number of hydrogen-bond acceptors (Lipinski definition) is 4. The van der Waals surface area contributed by atoms with Crippen molar-refractivity contribution in [3.63, 3.8) is 0 Å². The highest BCUT2D eigenvalue weighted by molar-refractivity contribution is 5.81. The van der Waals surface area contributed by atoms with Crippen molar-refractivity contribution in [2.24, 2.45) is 0 Å². The van der Waals surface area contributed by atoms with Gasteiger partial charge in [-0.15, -0.1) is 0 Å². The number of rotatable bonds is 2. The van der Waals surface area contributed by atoms with Crippen molar-refractivity contribution in [1.82, 2.24) is 4.90 Å². The number of likely N-dealkylation sites (tertiary alicyclic amines) is 1. The average molecular weight is 245 g/mol. The van der Waals surface area contributed by atoms with Crippen molar-refractivity contribution in [2.45, 2.75) is 44.9 Å². The smallest absolute Gasteiger partial charge is 0.408 e. The van der Waals surface area contributed by atoms with Gasteiger partial charge in [0.15, 0.2) is 0 Å². The summed E-state index contributed by atoms with van der Waals surface area (Å²) < 4.78 is 10.3. The molecule has 6 heteroatoms. The number of esters is 1. The largest absolute Gasteiger partial charge is 0.465 e. The summed E-state index contributed by atoms with van der Waals surface area (Å²) in [7, 11) is 1.50. The zero-order valence-electron chi connectivity index (χ0n) is 10.6. The van der Waals surface area contributed by atoms with Gasteiger partial charge in [0.2, 0.25) is 0 Å². The molecule has 0 radical (unpaired) electrons. The molecule has 1 aliphatic heterocycles. The van der Waals surface area contributed by atoms with Gasteiger partial charge in [0, 0.05) is 13.5 Å². The monoisotopic (exact) mass is 245 g/mol. The lowest BCUT2D eigenvalue weighted by Crippen LogP contribution is -2.43. The van der Waals surface area contributed by atoms with Gasteiger partial charge < -0.3 is 14.6 Å². The molecular weight excluding hydrogens is 226 g/mol. The fourth-order valence-electron chi connectivity index (χ4n) is 1.77. The number of carboxylic acid groups (broad SMARTS) is 1.